The van der Waals surface area contributed by atoms with Gasteiger partial charge < -0.3 is 10.1 Å². The molecule has 82 valence electrons. The smallest absolute Gasteiger partial charge is 0.396 e. The van der Waals surface area contributed by atoms with Crippen LogP contribution in [0, 0.1) is 0 Å². The molecule has 0 aliphatic carbocycles. The Morgan fingerprint density at radius 1 is 1.43 bits per heavy atom. The van der Waals surface area contributed by atoms with E-state index < -0.39 is 11.9 Å². The highest BCUT2D eigenvalue weighted by atomic mass is 32.2. The molecule has 0 heterocycles. The van der Waals surface area contributed by atoms with Crippen molar-refractivity contribution in [2.45, 2.75) is 26.3 Å². The lowest BCUT2D eigenvalue weighted by Crippen LogP contribution is -2.41. The van der Waals surface area contributed by atoms with E-state index in [4.69, 9.17) is 0 Å². The number of carbonyl (C=O) groups is 2. The first kappa shape index (κ1) is 13.3. The Bertz CT molecular complexity index is 196. The van der Waals surface area contributed by atoms with E-state index in [0.29, 0.717) is 0 Å². The maximum absolute atomic E-state index is 11.2. The van der Waals surface area contributed by atoms with E-state index in [1.807, 2.05) is 13.2 Å². The van der Waals surface area contributed by atoms with Gasteiger partial charge in [-0.15, -0.1) is 0 Å². The third-order valence-electron chi connectivity index (χ3n) is 1.66. The number of carbonyl (C=O) groups excluding carboxylic acids is 2. The number of amides is 1. The molecule has 1 N–H and O–H groups in total. The fourth-order valence-electron chi connectivity index (χ4n) is 0.904. The van der Waals surface area contributed by atoms with Gasteiger partial charge in [-0.25, -0.2) is 4.79 Å². The molecule has 0 aliphatic rings. The molecule has 0 radical (unpaired) electrons. The minimum atomic E-state index is -0.799. The molecule has 0 aliphatic heterocycles. The second-order valence-corrected chi connectivity index (χ2v) is 3.67. The Kier molecular flexibility index (Phi) is 7.28. The lowest BCUT2D eigenvalue weighted by atomic mass is 10.2. The van der Waals surface area contributed by atoms with Crippen LogP contribution in [0.3, 0.4) is 0 Å². The van der Waals surface area contributed by atoms with E-state index in [2.05, 4.69) is 10.1 Å². The van der Waals surface area contributed by atoms with E-state index in [1.165, 1.54) is 0 Å². The average Bonchev–Trinajstić information content (AvgIpc) is 2.17. The molecule has 0 aromatic carbocycles. The third kappa shape index (κ3) is 5.11. The lowest BCUT2D eigenvalue weighted by Gasteiger charge is -2.14. The molecule has 14 heavy (non-hydrogen) atoms. The number of ether oxygens (including phenoxy) is 1. The minimum Gasteiger partial charge on any atom is -0.459 e. The van der Waals surface area contributed by atoms with Gasteiger partial charge in [0.15, 0.2) is 0 Å². The fraction of sp³-hybridized carbons (Fsp3) is 0.778. The Labute approximate surface area is 88.8 Å². The van der Waals surface area contributed by atoms with Crippen molar-refractivity contribution in [2.75, 3.05) is 18.6 Å². The normalized spacial score (nSPS) is 11.9. The zero-order valence-corrected chi connectivity index (χ0v) is 9.65. The van der Waals surface area contributed by atoms with Crippen LogP contribution in [-0.4, -0.2) is 36.5 Å². The van der Waals surface area contributed by atoms with Crippen LogP contribution >= 0.6 is 11.8 Å². The molecular weight excluding hydrogens is 202 g/mol. The van der Waals surface area contributed by atoms with E-state index >= 15 is 0 Å². The van der Waals surface area contributed by atoms with Gasteiger partial charge >= 0.3 is 11.9 Å². The molecule has 0 bridgehead atoms. The highest BCUT2D eigenvalue weighted by Crippen LogP contribution is 2.00. The van der Waals surface area contributed by atoms with Gasteiger partial charge in [0, 0.05) is 11.8 Å². The number of hydrogen-bond acceptors (Lipinski definition) is 4. The molecule has 0 saturated heterocycles. The quantitative estimate of drug-likeness (QED) is 0.549. The summed E-state index contributed by atoms with van der Waals surface area (Å²) in [7, 11) is 0. The summed E-state index contributed by atoms with van der Waals surface area (Å²) in [5.41, 5.74) is 0. The first-order valence-electron chi connectivity index (χ1n) is 4.62. The molecule has 0 aromatic heterocycles. The summed E-state index contributed by atoms with van der Waals surface area (Å²) >= 11 is 1.63. The summed E-state index contributed by atoms with van der Waals surface area (Å²) in [5.74, 6) is -0.637. The molecule has 0 rings (SSSR count). The molecule has 4 nitrogen and oxygen atoms in total. The standard InChI is InChI=1S/C9H17NO3S/c1-4-7(6-14-3)10-8(11)9(12)13-5-2/h7H,4-6H2,1-3H3,(H,10,11). The largest absolute Gasteiger partial charge is 0.459 e. The van der Waals surface area contributed by atoms with Crippen LogP contribution in [0.5, 0.6) is 0 Å². The van der Waals surface area contributed by atoms with Crippen molar-refractivity contribution < 1.29 is 14.3 Å². The van der Waals surface area contributed by atoms with Gasteiger partial charge in [-0.1, -0.05) is 6.92 Å². The zero-order chi connectivity index (χ0) is 11.0. The molecule has 5 heteroatoms. The second kappa shape index (κ2) is 7.67. The molecule has 0 spiro atoms. The molecule has 1 amide bonds. The van der Waals surface area contributed by atoms with Crippen molar-refractivity contribution in [3.05, 3.63) is 0 Å². The van der Waals surface area contributed by atoms with Crippen molar-refractivity contribution in [1.82, 2.24) is 5.32 Å². The third-order valence-corrected chi connectivity index (χ3v) is 2.39. The van der Waals surface area contributed by atoms with Gasteiger partial charge in [0.25, 0.3) is 0 Å². The predicted octanol–water partition coefficient (Wildman–Crippen LogP) is 0.807. The average molecular weight is 219 g/mol. The van der Waals surface area contributed by atoms with Gasteiger partial charge in [-0.2, -0.15) is 11.8 Å². The van der Waals surface area contributed by atoms with Crippen LogP contribution < -0.4 is 5.32 Å². The van der Waals surface area contributed by atoms with E-state index in [1.54, 1.807) is 18.7 Å². The second-order valence-electron chi connectivity index (χ2n) is 2.75. The van der Waals surface area contributed by atoms with Crippen LogP contribution in [0.1, 0.15) is 20.3 Å². The van der Waals surface area contributed by atoms with Gasteiger partial charge in [0.2, 0.25) is 0 Å². The Morgan fingerprint density at radius 2 is 2.07 bits per heavy atom. The van der Waals surface area contributed by atoms with Crippen molar-refractivity contribution in [2.24, 2.45) is 0 Å². The molecule has 0 aromatic rings. The predicted molar refractivity (Wildman–Crippen MR) is 57.2 cm³/mol. The van der Waals surface area contributed by atoms with Gasteiger partial charge in [-0.3, -0.25) is 4.79 Å². The zero-order valence-electron chi connectivity index (χ0n) is 8.83. The van der Waals surface area contributed by atoms with E-state index in [0.717, 1.165) is 12.2 Å². The van der Waals surface area contributed by atoms with Crippen LogP contribution in [0.25, 0.3) is 0 Å². The molecule has 0 saturated carbocycles. The summed E-state index contributed by atoms with van der Waals surface area (Å²) in [4.78, 5) is 22.1. The summed E-state index contributed by atoms with van der Waals surface area (Å²) in [6, 6.07) is 0.0434. The SMILES string of the molecule is CCOC(=O)C(=O)NC(CC)CSC. The van der Waals surface area contributed by atoms with Crippen molar-refractivity contribution in [3.63, 3.8) is 0 Å². The van der Waals surface area contributed by atoms with Crippen molar-refractivity contribution in [3.8, 4) is 0 Å². The molecular formula is C9H17NO3S. The minimum absolute atomic E-state index is 0.0434. The highest BCUT2D eigenvalue weighted by molar-refractivity contribution is 7.98. The maximum atomic E-state index is 11.2. The molecule has 1 atom stereocenters. The number of nitrogens with one attached hydrogen (secondary N) is 1. The topological polar surface area (TPSA) is 55.4 Å². The molecule has 0 fully saturated rings. The van der Waals surface area contributed by atoms with Gasteiger partial charge in [0.1, 0.15) is 0 Å². The van der Waals surface area contributed by atoms with Crippen LogP contribution in [-0.2, 0) is 14.3 Å². The maximum Gasteiger partial charge on any atom is 0.396 e. The first-order valence-corrected chi connectivity index (χ1v) is 6.01. The monoisotopic (exact) mass is 219 g/mol. The van der Waals surface area contributed by atoms with Crippen molar-refractivity contribution in [1.29, 1.82) is 0 Å². The van der Waals surface area contributed by atoms with E-state index in [9.17, 15) is 9.59 Å². The summed E-state index contributed by atoms with van der Waals surface area (Å²) in [6.45, 7) is 3.86. The number of hydrogen-bond donors (Lipinski definition) is 1. The Morgan fingerprint density at radius 3 is 2.50 bits per heavy atom. The Balaban J connectivity index is 3.95. The van der Waals surface area contributed by atoms with Gasteiger partial charge in [-0.05, 0) is 19.6 Å². The van der Waals surface area contributed by atoms with Gasteiger partial charge in [0.05, 0.1) is 6.61 Å². The number of esters is 1. The first-order chi connectivity index (χ1) is 6.65. The summed E-state index contributed by atoms with van der Waals surface area (Å²) in [6.07, 6.45) is 2.77. The van der Waals surface area contributed by atoms with Crippen LogP contribution in [0.4, 0.5) is 0 Å². The van der Waals surface area contributed by atoms with E-state index in [-0.39, 0.29) is 12.6 Å². The fourth-order valence-corrected chi connectivity index (χ4v) is 1.63. The van der Waals surface area contributed by atoms with Crippen molar-refractivity contribution >= 4 is 23.6 Å². The lowest BCUT2D eigenvalue weighted by molar-refractivity contribution is -0.154. The van der Waals surface area contributed by atoms with Crippen LogP contribution in [0.2, 0.25) is 0 Å². The highest BCUT2D eigenvalue weighted by Gasteiger charge is 2.17. The summed E-state index contributed by atoms with van der Waals surface area (Å²) < 4.78 is 4.57. The number of rotatable bonds is 5. The van der Waals surface area contributed by atoms with Crippen LogP contribution in [0.15, 0.2) is 0 Å². The summed E-state index contributed by atoms with van der Waals surface area (Å²) in [5, 5.41) is 2.62. The number of thioether (sulfide) groups is 1. The molecule has 1 unspecified atom stereocenters. The Hall–Kier alpha value is -0.710.